The molecule has 0 radical (unpaired) electrons. The van der Waals surface area contributed by atoms with Crippen LogP contribution < -0.4 is 5.32 Å². The van der Waals surface area contributed by atoms with Gasteiger partial charge in [0.1, 0.15) is 5.76 Å². The minimum absolute atomic E-state index is 0.0970. The predicted octanol–water partition coefficient (Wildman–Crippen LogP) is 4.42. The van der Waals surface area contributed by atoms with Crippen molar-refractivity contribution < 1.29 is 9.21 Å². The van der Waals surface area contributed by atoms with E-state index in [1.807, 2.05) is 60.7 Å². The summed E-state index contributed by atoms with van der Waals surface area (Å²) in [6, 6.07) is 19.3. The molecule has 0 saturated carbocycles. The summed E-state index contributed by atoms with van der Waals surface area (Å²) in [4.78, 5) is 16.8. The zero-order valence-corrected chi connectivity index (χ0v) is 13.5. The molecule has 0 atom stereocenters. The Morgan fingerprint density at radius 3 is 2.76 bits per heavy atom. The highest BCUT2D eigenvalue weighted by Gasteiger charge is 2.10. The highest BCUT2D eigenvalue weighted by atomic mass is 16.3. The van der Waals surface area contributed by atoms with Crippen LogP contribution in [-0.4, -0.2) is 10.9 Å². The number of furan rings is 1. The van der Waals surface area contributed by atoms with E-state index >= 15 is 0 Å². The summed E-state index contributed by atoms with van der Waals surface area (Å²) < 4.78 is 5.39. The van der Waals surface area contributed by atoms with E-state index in [0.29, 0.717) is 12.1 Å². The average molecular weight is 328 g/mol. The maximum atomic E-state index is 12.6. The largest absolute Gasteiger partial charge is 0.464 e. The van der Waals surface area contributed by atoms with Crippen LogP contribution in [0.2, 0.25) is 0 Å². The number of carbonyl (C=O) groups is 1. The predicted molar refractivity (Wildman–Crippen MR) is 97.1 cm³/mol. The van der Waals surface area contributed by atoms with E-state index in [2.05, 4.69) is 10.3 Å². The molecule has 0 bridgehead atoms. The summed E-state index contributed by atoms with van der Waals surface area (Å²) in [6.45, 7) is 0.406. The lowest BCUT2D eigenvalue weighted by atomic mass is 10.0. The first kappa shape index (κ1) is 15.1. The second-order valence-corrected chi connectivity index (χ2v) is 5.77. The summed E-state index contributed by atoms with van der Waals surface area (Å²) in [6.07, 6.45) is 5.12. The molecule has 2 aromatic heterocycles. The van der Waals surface area contributed by atoms with E-state index in [1.165, 1.54) is 0 Å². The summed E-state index contributed by atoms with van der Waals surface area (Å²) in [7, 11) is 0. The van der Waals surface area contributed by atoms with Crippen molar-refractivity contribution in [2.45, 2.75) is 6.54 Å². The van der Waals surface area contributed by atoms with Gasteiger partial charge >= 0.3 is 0 Å². The molecular formula is C21H16N2O2. The van der Waals surface area contributed by atoms with E-state index in [1.54, 1.807) is 18.7 Å². The van der Waals surface area contributed by atoms with Crippen LogP contribution in [0.5, 0.6) is 0 Å². The van der Waals surface area contributed by atoms with Gasteiger partial charge in [-0.25, -0.2) is 0 Å². The topological polar surface area (TPSA) is 55.1 Å². The van der Waals surface area contributed by atoms with Gasteiger partial charge in [-0.2, -0.15) is 0 Å². The third-order valence-corrected chi connectivity index (χ3v) is 4.09. The van der Waals surface area contributed by atoms with Gasteiger partial charge in [0, 0.05) is 30.1 Å². The van der Waals surface area contributed by atoms with Gasteiger partial charge in [-0.15, -0.1) is 0 Å². The van der Waals surface area contributed by atoms with Gasteiger partial charge in [-0.05, 0) is 40.6 Å². The Kier molecular flexibility index (Phi) is 4.01. The smallest absolute Gasteiger partial charge is 0.252 e. The van der Waals surface area contributed by atoms with Crippen molar-refractivity contribution >= 4 is 16.7 Å². The van der Waals surface area contributed by atoms with Gasteiger partial charge < -0.3 is 9.73 Å². The molecule has 122 valence electrons. The lowest BCUT2D eigenvalue weighted by molar-refractivity contribution is 0.0952. The minimum atomic E-state index is -0.0970. The van der Waals surface area contributed by atoms with Gasteiger partial charge in [0.25, 0.3) is 5.91 Å². The molecule has 1 N–H and O–H groups in total. The number of nitrogens with one attached hydrogen (secondary N) is 1. The Labute approximate surface area is 145 Å². The first-order valence-corrected chi connectivity index (χ1v) is 8.05. The fraction of sp³-hybridized carbons (Fsp3) is 0.0476. The van der Waals surface area contributed by atoms with Gasteiger partial charge in [-0.1, -0.05) is 36.4 Å². The van der Waals surface area contributed by atoms with Gasteiger partial charge in [-0.3, -0.25) is 9.78 Å². The van der Waals surface area contributed by atoms with Crippen LogP contribution in [0.1, 0.15) is 15.9 Å². The summed E-state index contributed by atoms with van der Waals surface area (Å²) >= 11 is 0. The zero-order chi connectivity index (χ0) is 17.1. The van der Waals surface area contributed by atoms with Gasteiger partial charge in [0.15, 0.2) is 0 Å². The second-order valence-electron chi connectivity index (χ2n) is 5.77. The first-order chi connectivity index (χ1) is 12.3. The van der Waals surface area contributed by atoms with Crippen LogP contribution in [0.3, 0.4) is 0 Å². The monoisotopic (exact) mass is 328 g/mol. The molecule has 4 heteroatoms. The number of benzene rings is 2. The molecule has 4 aromatic rings. The van der Waals surface area contributed by atoms with Crippen molar-refractivity contribution in [3.8, 4) is 11.3 Å². The van der Waals surface area contributed by atoms with Crippen molar-refractivity contribution in [1.29, 1.82) is 0 Å². The number of carbonyl (C=O) groups excluding carboxylic acids is 1. The van der Waals surface area contributed by atoms with Crippen LogP contribution in [-0.2, 0) is 6.54 Å². The molecule has 0 aliphatic rings. The van der Waals surface area contributed by atoms with E-state index in [9.17, 15) is 4.79 Å². The molecule has 0 unspecified atom stereocenters. The quantitative estimate of drug-likeness (QED) is 0.603. The maximum Gasteiger partial charge on any atom is 0.252 e. The molecular weight excluding hydrogens is 312 g/mol. The van der Waals surface area contributed by atoms with Crippen molar-refractivity contribution in [2.75, 3.05) is 0 Å². The Balaban J connectivity index is 1.53. The third kappa shape index (κ3) is 3.15. The molecule has 0 aliphatic heterocycles. The summed E-state index contributed by atoms with van der Waals surface area (Å²) in [5.41, 5.74) is 2.48. The third-order valence-electron chi connectivity index (χ3n) is 4.09. The van der Waals surface area contributed by atoms with Crippen molar-refractivity contribution in [2.24, 2.45) is 0 Å². The lowest BCUT2D eigenvalue weighted by Gasteiger charge is -2.08. The Morgan fingerprint density at radius 1 is 1.00 bits per heavy atom. The van der Waals surface area contributed by atoms with Gasteiger partial charge in [0.05, 0.1) is 6.26 Å². The van der Waals surface area contributed by atoms with Crippen molar-refractivity contribution in [1.82, 2.24) is 10.3 Å². The molecule has 2 aromatic carbocycles. The second kappa shape index (κ2) is 6.61. The molecule has 4 rings (SSSR count). The average Bonchev–Trinajstić information content (AvgIpc) is 3.21. The van der Waals surface area contributed by atoms with E-state index < -0.39 is 0 Å². The number of nitrogens with zero attached hydrogens (tertiary/aromatic N) is 1. The fourth-order valence-corrected chi connectivity index (χ4v) is 2.86. The maximum absolute atomic E-state index is 12.6. The van der Waals surface area contributed by atoms with E-state index in [-0.39, 0.29) is 5.91 Å². The van der Waals surface area contributed by atoms with Gasteiger partial charge in [0.2, 0.25) is 0 Å². The molecule has 4 nitrogen and oxygen atoms in total. The number of fused-ring (bicyclic) bond motifs is 1. The Morgan fingerprint density at radius 2 is 1.88 bits per heavy atom. The normalized spacial score (nSPS) is 10.7. The van der Waals surface area contributed by atoms with Crippen LogP contribution >= 0.6 is 0 Å². The van der Waals surface area contributed by atoms with Crippen LogP contribution in [0, 0.1) is 0 Å². The number of amides is 1. The first-order valence-electron chi connectivity index (χ1n) is 8.05. The molecule has 0 spiro atoms. The Bertz CT molecular complexity index is 1020. The standard InChI is InChI=1S/C21H16N2O2/c24-21(19-8-3-6-16-5-1-2-7-18(16)19)23-13-15-11-17(14-22-12-15)20-9-4-10-25-20/h1-12,14H,13H2,(H,23,24). The van der Waals surface area contributed by atoms with E-state index in [4.69, 9.17) is 4.42 Å². The molecule has 0 saturated heterocycles. The van der Waals surface area contributed by atoms with E-state index in [0.717, 1.165) is 27.7 Å². The van der Waals surface area contributed by atoms with Crippen molar-refractivity contribution in [3.63, 3.8) is 0 Å². The number of aromatic nitrogens is 1. The molecule has 25 heavy (non-hydrogen) atoms. The number of hydrogen-bond donors (Lipinski definition) is 1. The number of hydrogen-bond acceptors (Lipinski definition) is 3. The zero-order valence-electron chi connectivity index (χ0n) is 13.5. The van der Waals surface area contributed by atoms with Crippen LogP contribution in [0.4, 0.5) is 0 Å². The minimum Gasteiger partial charge on any atom is -0.464 e. The highest BCUT2D eigenvalue weighted by molar-refractivity contribution is 6.06. The Hall–Kier alpha value is -3.40. The molecule has 0 aliphatic carbocycles. The van der Waals surface area contributed by atoms with Crippen LogP contribution in [0.25, 0.3) is 22.1 Å². The van der Waals surface area contributed by atoms with Crippen LogP contribution in [0.15, 0.2) is 83.7 Å². The van der Waals surface area contributed by atoms with Crippen molar-refractivity contribution in [3.05, 3.63) is 90.4 Å². The molecule has 1 amide bonds. The lowest BCUT2D eigenvalue weighted by Crippen LogP contribution is -2.23. The fourth-order valence-electron chi connectivity index (χ4n) is 2.86. The number of rotatable bonds is 4. The molecule has 0 fully saturated rings. The number of pyridine rings is 1. The summed E-state index contributed by atoms with van der Waals surface area (Å²) in [5, 5.41) is 4.97. The SMILES string of the molecule is O=C(NCc1cncc(-c2ccco2)c1)c1cccc2ccccc12. The summed E-state index contributed by atoms with van der Waals surface area (Å²) in [5.74, 6) is 0.662. The molecule has 2 heterocycles. The highest BCUT2D eigenvalue weighted by Crippen LogP contribution is 2.20.